The third-order valence-electron chi connectivity index (χ3n) is 4.44. The standard InChI is InChI=1S/C21H24FN3O3S/c1-11(2)10-28-17-6-5-13(7-18(17)27-4)12(3)23-20(26)15-8-14(22)9-16-19(15)25-21(29)24-16/h5-9,11-12H,10H2,1-4H3,(H,23,26)(H2,24,25,29). The highest BCUT2D eigenvalue weighted by Crippen LogP contribution is 2.31. The van der Waals surface area contributed by atoms with Crippen molar-refractivity contribution in [3.8, 4) is 11.5 Å². The Hall–Kier alpha value is -2.87. The second-order valence-electron chi connectivity index (χ2n) is 7.27. The Bertz CT molecular complexity index is 1090. The van der Waals surface area contributed by atoms with E-state index in [2.05, 4.69) is 29.1 Å². The maximum absolute atomic E-state index is 13.9. The zero-order chi connectivity index (χ0) is 21.1. The highest BCUT2D eigenvalue weighted by molar-refractivity contribution is 7.71. The molecule has 1 heterocycles. The maximum atomic E-state index is 13.9. The summed E-state index contributed by atoms with van der Waals surface area (Å²) in [6.45, 7) is 6.56. The van der Waals surface area contributed by atoms with E-state index < -0.39 is 11.7 Å². The number of carbonyl (C=O) groups excluding carboxylic acids is 1. The SMILES string of the molecule is COc1cc(C(C)NC(=O)c2cc(F)cc3[nH]c(=S)[nH]c23)ccc1OCC(C)C. The number of carbonyl (C=O) groups is 1. The summed E-state index contributed by atoms with van der Waals surface area (Å²) in [7, 11) is 1.57. The summed E-state index contributed by atoms with van der Waals surface area (Å²) in [5, 5.41) is 2.89. The first kappa shape index (κ1) is 20.9. The number of methoxy groups -OCH3 is 1. The van der Waals surface area contributed by atoms with E-state index in [1.54, 1.807) is 7.11 Å². The number of imidazole rings is 1. The molecule has 0 fully saturated rings. The molecule has 1 aromatic heterocycles. The molecule has 0 aliphatic rings. The quantitative estimate of drug-likeness (QED) is 0.478. The van der Waals surface area contributed by atoms with Gasteiger partial charge in [-0.25, -0.2) is 4.39 Å². The van der Waals surface area contributed by atoms with Crippen LogP contribution in [0, 0.1) is 16.5 Å². The van der Waals surface area contributed by atoms with Gasteiger partial charge in [-0.15, -0.1) is 0 Å². The Morgan fingerprint density at radius 1 is 1.17 bits per heavy atom. The molecule has 0 aliphatic carbocycles. The van der Waals surface area contributed by atoms with Crippen molar-refractivity contribution in [2.24, 2.45) is 5.92 Å². The Morgan fingerprint density at radius 3 is 2.62 bits per heavy atom. The van der Waals surface area contributed by atoms with Gasteiger partial charge in [0.1, 0.15) is 5.82 Å². The topological polar surface area (TPSA) is 79.1 Å². The molecule has 0 radical (unpaired) electrons. The average Bonchev–Trinajstić information content (AvgIpc) is 3.04. The van der Waals surface area contributed by atoms with Gasteiger partial charge in [0.2, 0.25) is 0 Å². The lowest BCUT2D eigenvalue weighted by molar-refractivity contribution is 0.0941. The molecule has 3 aromatic rings. The number of halogens is 1. The van der Waals surface area contributed by atoms with E-state index in [1.807, 2.05) is 25.1 Å². The Labute approximate surface area is 173 Å². The van der Waals surface area contributed by atoms with Crippen LogP contribution in [0.5, 0.6) is 11.5 Å². The third-order valence-corrected chi connectivity index (χ3v) is 4.65. The van der Waals surface area contributed by atoms with Crippen LogP contribution in [0.15, 0.2) is 30.3 Å². The number of amides is 1. The molecule has 0 bridgehead atoms. The smallest absolute Gasteiger partial charge is 0.254 e. The molecule has 1 unspecified atom stereocenters. The minimum Gasteiger partial charge on any atom is -0.493 e. The molecule has 0 aliphatic heterocycles. The highest BCUT2D eigenvalue weighted by Gasteiger charge is 2.18. The van der Waals surface area contributed by atoms with E-state index in [-0.39, 0.29) is 11.6 Å². The molecule has 0 saturated carbocycles. The van der Waals surface area contributed by atoms with E-state index in [0.29, 0.717) is 39.8 Å². The van der Waals surface area contributed by atoms with Crippen molar-refractivity contribution in [1.29, 1.82) is 0 Å². The first-order valence-corrected chi connectivity index (χ1v) is 9.72. The predicted molar refractivity (Wildman–Crippen MR) is 113 cm³/mol. The molecule has 3 rings (SSSR count). The van der Waals surface area contributed by atoms with E-state index in [0.717, 1.165) is 5.56 Å². The number of fused-ring (bicyclic) bond motifs is 1. The number of rotatable bonds is 7. The molecule has 2 aromatic carbocycles. The number of nitrogens with one attached hydrogen (secondary N) is 3. The molecule has 0 spiro atoms. The Morgan fingerprint density at radius 2 is 1.93 bits per heavy atom. The number of benzene rings is 2. The first-order chi connectivity index (χ1) is 13.8. The van der Waals surface area contributed by atoms with Gasteiger partial charge in [0, 0.05) is 0 Å². The van der Waals surface area contributed by atoms with E-state index in [1.165, 1.54) is 12.1 Å². The molecule has 1 amide bonds. The molecule has 0 saturated heterocycles. The minimum absolute atomic E-state index is 0.183. The molecule has 29 heavy (non-hydrogen) atoms. The van der Waals surface area contributed by atoms with Crippen molar-refractivity contribution in [2.45, 2.75) is 26.8 Å². The van der Waals surface area contributed by atoms with Gasteiger partial charge in [-0.05, 0) is 54.9 Å². The van der Waals surface area contributed by atoms with Crippen LogP contribution in [0.4, 0.5) is 4.39 Å². The van der Waals surface area contributed by atoms with Crippen LogP contribution in [0.3, 0.4) is 0 Å². The summed E-state index contributed by atoms with van der Waals surface area (Å²) < 4.78 is 25.4. The summed E-state index contributed by atoms with van der Waals surface area (Å²) in [5.41, 5.74) is 1.93. The number of aromatic amines is 2. The van der Waals surface area contributed by atoms with Crippen LogP contribution < -0.4 is 14.8 Å². The van der Waals surface area contributed by atoms with Gasteiger partial charge in [-0.3, -0.25) is 4.79 Å². The molecule has 3 N–H and O–H groups in total. The summed E-state index contributed by atoms with van der Waals surface area (Å²) in [6.07, 6.45) is 0. The fourth-order valence-corrected chi connectivity index (χ4v) is 3.19. The lowest BCUT2D eigenvalue weighted by atomic mass is 10.1. The van der Waals surface area contributed by atoms with Crippen LogP contribution in [0.1, 0.15) is 42.7 Å². The van der Waals surface area contributed by atoms with Crippen molar-refractivity contribution >= 4 is 29.2 Å². The number of H-pyrrole nitrogens is 2. The fraction of sp³-hybridized carbons (Fsp3) is 0.333. The summed E-state index contributed by atoms with van der Waals surface area (Å²) in [4.78, 5) is 18.5. The highest BCUT2D eigenvalue weighted by atomic mass is 32.1. The molecular weight excluding hydrogens is 393 g/mol. The lowest BCUT2D eigenvalue weighted by Gasteiger charge is -2.18. The van der Waals surface area contributed by atoms with Gasteiger partial charge in [0.15, 0.2) is 16.3 Å². The second kappa shape index (κ2) is 8.65. The van der Waals surface area contributed by atoms with Crippen LogP contribution in [-0.2, 0) is 0 Å². The van der Waals surface area contributed by atoms with Gasteiger partial charge in [-0.1, -0.05) is 19.9 Å². The van der Waals surface area contributed by atoms with E-state index >= 15 is 0 Å². The number of aromatic nitrogens is 2. The Kier molecular flexibility index (Phi) is 6.22. The monoisotopic (exact) mass is 417 g/mol. The van der Waals surface area contributed by atoms with E-state index in [9.17, 15) is 9.18 Å². The molecular formula is C21H24FN3O3S. The molecule has 6 nitrogen and oxygen atoms in total. The largest absolute Gasteiger partial charge is 0.493 e. The van der Waals surface area contributed by atoms with Crippen LogP contribution >= 0.6 is 12.2 Å². The van der Waals surface area contributed by atoms with Crippen LogP contribution in [0.2, 0.25) is 0 Å². The van der Waals surface area contributed by atoms with Gasteiger partial charge in [0.05, 0.1) is 36.4 Å². The molecule has 1 atom stereocenters. The fourth-order valence-electron chi connectivity index (χ4n) is 2.97. The third kappa shape index (κ3) is 4.76. The van der Waals surface area contributed by atoms with Gasteiger partial charge >= 0.3 is 0 Å². The number of hydrogen-bond donors (Lipinski definition) is 3. The van der Waals surface area contributed by atoms with Crippen LogP contribution in [0.25, 0.3) is 11.0 Å². The maximum Gasteiger partial charge on any atom is 0.254 e. The van der Waals surface area contributed by atoms with Gasteiger partial charge < -0.3 is 24.8 Å². The predicted octanol–water partition coefficient (Wildman–Crippen LogP) is 4.90. The molecule has 8 heteroatoms. The lowest BCUT2D eigenvalue weighted by Crippen LogP contribution is -2.27. The number of hydrogen-bond acceptors (Lipinski definition) is 4. The van der Waals surface area contributed by atoms with Crippen molar-refractivity contribution in [1.82, 2.24) is 15.3 Å². The van der Waals surface area contributed by atoms with Crippen molar-refractivity contribution in [2.75, 3.05) is 13.7 Å². The van der Waals surface area contributed by atoms with Gasteiger partial charge in [-0.2, -0.15) is 0 Å². The summed E-state index contributed by atoms with van der Waals surface area (Å²) >= 11 is 5.05. The second-order valence-corrected chi connectivity index (χ2v) is 7.67. The van der Waals surface area contributed by atoms with Gasteiger partial charge in [0.25, 0.3) is 5.91 Å². The summed E-state index contributed by atoms with van der Waals surface area (Å²) in [6, 6.07) is 7.66. The minimum atomic E-state index is -0.520. The molecule has 154 valence electrons. The zero-order valence-electron chi connectivity index (χ0n) is 16.8. The van der Waals surface area contributed by atoms with E-state index in [4.69, 9.17) is 21.7 Å². The van der Waals surface area contributed by atoms with Crippen LogP contribution in [-0.4, -0.2) is 29.6 Å². The van der Waals surface area contributed by atoms with Crippen molar-refractivity contribution in [3.63, 3.8) is 0 Å². The van der Waals surface area contributed by atoms with Crippen molar-refractivity contribution < 1.29 is 18.7 Å². The Balaban J connectivity index is 1.82. The zero-order valence-corrected chi connectivity index (χ0v) is 17.6. The first-order valence-electron chi connectivity index (χ1n) is 9.31. The average molecular weight is 418 g/mol. The number of ether oxygens (including phenoxy) is 2. The van der Waals surface area contributed by atoms with Crippen molar-refractivity contribution in [3.05, 3.63) is 52.0 Å². The summed E-state index contributed by atoms with van der Waals surface area (Å²) in [5.74, 6) is 0.698. The normalized spacial score (nSPS) is 12.2.